The Hall–Kier alpha value is -3.09. The second-order valence-corrected chi connectivity index (χ2v) is 6.52. The number of fused-ring (bicyclic) bond motifs is 1. The first-order valence-electron chi connectivity index (χ1n) is 8.43. The minimum atomic E-state index is -0.305. The Bertz CT molecular complexity index is 988. The third kappa shape index (κ3) is 4.11. The highest BCUT2D eigenvalue weighted by molar-refractivity contribution is 5.92. The molecular formula is C19H21N3O4. The van der Waals surface area contributed by atoms with Crippen LogP contribution in [0.25, 0.3) is 5.65 Å². The van der Waals surface area contributed by atoms with E-state index >= 15 is 0 Å². The maximum absolute atomic E-state index is 12.1. The molecule has 0 bridgehead atoms. The summed E-state index contributed by atoms with van der Waals surface area (Å²) in [6, 6.07) is 10.2. The first-order chi connectivity index (χ1) is 12.4. The van der Waals surface area contributed by atoms with E-state index in [1.807, 2.05) is 26.0 Å². The molecule has 0 radical (unpaired) electrons. The number of ether oxygens (including phenoxy) is 1. The van der Waals surface area contributed by atoms with Gasteiger partial charge < -0.3 is 14.6 Å². The molecule has 0 unspecified atom stereocenters. The minimum absolute atomic E-state index is 0.0669. The SMILES string of the molecule is Cc1cc2nc(COc3ccccc3NC(=O)CC(C)C)cc(=O)n2o1. The molecule has 0 aliphatic heterocycles. The van der Waals surface area contributed by atoms with Crippen LogP contribution in [-0.4, -0.2) is 15.5 Å². The van der Waals surface area contributed by atoms with Crippen LogP contribution in [0.15, 0.2) is 45.7 Å². The van der Waals surface area contributed by atoms with Crippen LogP contribution in [0.5, 0.6) is 5.75 Å². The highest BCUT2D eigenvalue weighted by Crippen LogP contribution is 2.25. The van der Waals surface area contributed by atoms with Gasteiger partial charge in [-0.25, -0.2) is 4.98 Å². The lowest BCUT2D eigenvalue weighted by Crippen LogP contribution is -2.16. The van der Waals surface area contributed by atoms with Gasteiger partial charge in [0.1, 0.15) is 18.1 Å². The molecule has 2 heterocycles. The molecule has 7 nitrogen and oxygen atoms in total. The van der Waals surface area contributed by atoms with E-state index in [9.17, 15) is 9.59 Å². The van der Waals surface area contributed by atoms with Gasteiger partial charge in [-0.15, -0.1) is 4.57 Å². The number of rotatable bonds is 6. The van der Waals surface area contributed by atoms with Crippen molar-refractivity contribution >= 4 is 17.2 Å². The Kier molecular flexibility index (Phi) is 5.06. The molecule has 7 heteroatoms. The van der Waals surface area contributed by atoms with Gasteiger partial charge in [0.2, 0.25) is 5.91 Å². The van der Waals surface area contributed by atoms with Crippen LogP contribution >= 0.6 is 0 Å². The van der Waals surface area contributed by atoms with Crippen molar-refractivity contribution in [1.29, 1.82) is 0 Å². The smallest absolute Gasteiger partial charge is 0.287 e. The number of hydrogen-bond donors (Lipinski definition) is 1. The third-order valence-corrected chi connectivity index (χ3v) is 3.65. The van der Waals surface area contributed by atoms with Gasteiger partial charge in [0.15, 0.2) is 5.65 Å². The number of nitrogens with one attached hydrogen (secondary N) is 1. The number of anilines is 1. The maximum atomic E-state index is 12.1. The van der Waals surface area contributed by atoms with Gasteiger partial charge in [0, 0.05) is 18.6 Å². The van der Waals surface area contributed by atoms with Crippen molar-refractivity contribution in [1.82, 2.24) is 9.56 Å². The molecule has 0 aliphatic carbocycles. The monoisotopic (exact) mass is 355 g/mol. The molecule has 1 aromatic carbocycles. The lowest BCUT2D eigenvalue weighted by Gasteiger charge is -2.13. The van der Waals surface area contributed by atoms with E-state index in [4.69, 9.17) is 9.26 Å². The number of benzene rings is 1. The van der Waals surface area contributed by atoms with E-state index in [-0.39, 0.29) is 24.0 Å². The fourth-order valence-electron chi connectivity index (χ4n) is 2.57. The first kappa shape index (κ1) is 17.7. The van der Waals surface area contributed by atoms with E-state index in [0.29, 0.717) is 35.0 Å². The predicted octanol–water partition coefficient (Wildman–Crippen LogP) is 3.16. The zero-order valence-corrected chi connectivity index (χ0v) is 15.0. The quantitative estimate of drug-likeness (QED) is 0.734. The van der Waals surface area contributed by atoms with Crippen molar-refractivity contribution in [3.8, 4) is 5.75 Å². The molecular weight excluding hydrogens is 334 g/mol. The van der Waals surface area contributed by atoms with E-state index in [0.717, 1.165) is 4.57 Å². The maximum Gasteiger partial charge on any atom is 0.287 e. The van der Waals surface area contributed by atoms with Crippen molar-refractivity contribution in [2.45, 2.75) is 33.8 Å². The van der Waals surface area contributed by atoms with Crippen molar-refractivity contribution in [2.24, 2.45) is 5.92 Å². The number of amides is 1. The van der Waals surface area contributed by atoms with Crippen LogP contribution < -0.4 is 15.6 Å². The molecule has 1 N–H and O–H groups in total. The van der Waals surface area contributed by atoms with Gasteiger partial charge in [0.05, 0.1) is 11.4 Å². The summed E-state index contributed by atoms with van der Waals surface area (Å²) in [5.74, 6) is 1.33. The first-order valence-corrected chi connectivity index (χ1v) is 8.43. The van der Waals surface area contributed by atoms with E-state index < -0.39 is 0 Å². The zero-order chi connectivity index (χ0) is 18.7. The second kappa shape index (κ2) is 7.43. The van der Waals surface area contributed by atoms with Gasteiger partial charge in [0.25, 0.3) is 5.56 Å². The molecule has 0 aliphatic rings. The largest absolute Gasteiger partial charge is 0.485 e. The van der Waals surface area contributed by atoms with Gasteiger partial charge >= 0.3 is 0 Å². The summed E-state index contributed by atoms with van der Waals surface area (Å²) < 4.78 is 12.2. The summed E-state index contributed by atoms with van der Waals surface area (Å²) in [6.45, 7) is 5.83. The fraction of sp³-hybridized carbons (Fsp3) is 0.316. The van der Waals surface area contributed by atoms with Crippen molar-refractivity contribution < 1.29 is 14.1 Å². The van der Waals surface area contributed by atoms with Gasteiger partial charge in [-0.05, 0) is 25.0 Å². The zero-order valence-electron chi connectivity index (χ0n) is 15.0. The molecule has 3 rings (SSSR count). The van der Waals surface area contributed by atoms with Crippen molar-refractivity contribution in [2.75, 3.05) is 5.32 Å². The van der Waals surface area contributed by atoms with Gasteiger partial charge in [-0.3, -0.25) is 9.59 Å². The summed E-state index contributed by atoms with van der Waals surface area (Å²) in [5.41, 5.74) is 1.21. The normalized spacial score (nSPS) is 11.1. The Morgan fingerprint density at radius 1 is 1.31 bits per heavy atom. The molecule has 136 valence electrons. The highest BCUT2D eigenvalue weighted by Gasteiger charge is 2.11. The van der Waals surface area contributed by atoms with Crippen LogP contribution in [0.2, 0.25) is 0 Å². The summed E-state index contributed by atoms with van der Waals surface area (Å²) in [5, 5.41) is 2.86. The highest BCUT2D eigenvalue weighted by atomic mass is 16.5. The minimum Gasteiger partial charge on any atom is -0.485 e. The average molecular weight is 355 g/mol. The Labute approximate surface area is 150 Å². The predicted molar refractivity (Wildman–Crippen MR) is 97.3 cm³/mol. The van der Waals surface area contributed by atoms with Crippen LogP contribution in [0, 0.1) is 12.8 Å². The van der Waals surface area contributed by atoms with Gasteiger partial charge in [-0.2, -0.15) is 0 Å². The molecule has 0 spiro atoms. The lowest BCUT2D eigenvalue weighted by atomic mass is 10.1. The van der Waals surface area contributed by atoms with E-state index in [2.05, 4.69) is 10.3 Å². The molecule has 1 amide bonds. The molecule has 2 aromatic heterocycles. The number of aromatic nitrogens is 2. The molecule has 0 saturated carbocycles. The number of carbonyl (C=O) groups excluding carboxylic acids is 1. The summed E-state index contributed by atoms with van der Waals surface area (Å²) in [6.07, 6.45) is 0.434. The fourth-order valence-corrected chi connectivity index (χ4v) is 2.57. The molecule has 3 aromatic rings. The van der Waals surface area contributed by atoms with Crippen LogP contribution in [-0.2, 0) is 11.4 Å². The standard InChI is InChI=1S/C19H21N3O4/c1-12(2)8-18(23)21-15-6-4-5-7-16(15)25-11-14-10-19(24)22-17(20-14)9-13(3)26-22/h4-7,9-10,12H,8,11H2,1-3H3,(H,21,23). The summed E-state index contributed by atoms with van der Waals surface area (Å²) in [7, 11) is 0. The number of aryl methyl sites for hydroxylation is 1. The van der Waals surface area contributed by atoms with E-state index in [1.165, 1.54) is 6.07 Å². The topological polar surface area (TPSA) is 85.8 Å². The Morgan fingerprint density at radius 3 is 2.85 bits per heavy atom. The lowest BCUT2D eigenvalue weighted by molar-refractivity contribution is -0.116. The number of hydrogen-bond acceptors (Lipinski definition) is 5. The number of carbonyl (C=O) groups is 1. The van der Waals surface area contributed by atoms with Gasteiger partial charge in [-0.1, -0.05) is 26.0 Å². The Morgan fingerprint density at radius 2 is 2.08 bits per heavy atom. The average Bonchev–Trinajstić information content (AvgIpc) is 2.94. The molecule has 0 atom stereocenters. The van der Waals surface area contributed by atoms with Crippen molar-refractivity contribution in [3.63, 3.8) is 0 Å². The Balaban J connectivity index is 1.76. The summed E-state index contributed by atoms with van der Waals surface area (Å²) in [4.78, 5) is 28.4. The number of nitrogens with zero attached hydrogens (tertiary/aromatic N) is 2. The number of para-hydroxylation sites is 2. The molecule has 26 heavy (non-hydrogen) atoms. The second-order valence-electron chi connectivity index (χ2n) is 6.52. The van der Waals surface area contributed by atoms with Crippen LogP contribution in [0.1, 0.15) is 31.7 Å². The molecule has 0 saturated heterocycles. The van der Waals surface area contributed by atoms with E-state index in [1.54, 1.807) is 25.1 Å². The van der Waals surface area contributed by atoms with Crippen molar-refractivity contribution in [3.05, 3.63) is 58.2 Å². The summed E-state index contributed by atoms with van der Waals surface area (Å²) >= 11 is 0. The van der Waals surface area contributed by atoms with Crippen LogP contribution in [0.4, 0.5) is 5.69 Å². The third-order valence-electron chi connectivity index (χ3n) is 3.65. The van der Waals surface area contributed by atoms with Crippen LogP contribution in [0.3, 0.4) is 0 Å². The molecule has 0 fully saturated rings.